The Kier molecular flexibility index (Phi) is 3.19. The second-order valence-electron chi connectivity index (χ2n) is 4.01. The fraction of sp³-hybridized carbons (Fsp3) is 0.0769. The summed E-state index contributed by atoms with van der Waals surface area (Å²) in [6.07, 6.45) is 0. The van der Waals surface area contributed by atoms with Gasteiger partial charge >= 0.3 is 0 Å². The number of nitrogens with one attached hydrogen (secondary N) is 2. The smallest absolute Gasteiger partial charge is 0.225 e. The highest BCUT2D eigenvalue weighted by Crippen LogP contribution is 2.29. The van der Waals surface area contributed by atoms with Crippen molar-refractivity contribution < 1.29 is 8.78 Å². The molecule has 3 rings (SSSR count). The predicted molar refractivity (Wildman–Crippen MR) is 76.6 cm³/mol. The number of thiophene rings is 1. The van der Waals surface area contributed by atoms with E-state index in [1.807, 2.05) is 11.4 Å². The third kappa shape index (κ3) is 2.16. The normalized spacial score (nSPS) is 10.8. The molecule has 0 radical (unpaired) electrons. The summed E-state index contributed by atoms with van der Waals surface area (Å²) in [7, 11) is 1.70. The van der Waals surface area contributed by atoms with Crippen LogP contribution in [0, 0.1) is 11.6 Å². The van der Waals surface area contributed by atoms with E-state index in [0.717, 1.165) is 16.3 Å². The predicted octanol–water partition coefficient (Wildman–Crippen LogP) is 3.75. The molecule has 0 saturated carbocycles. The largest absolute Gasteiger partial charge is 0.357 e. The first-order valence-corrected chi connectivity index (χ1v) is 6.71. The summed E-state index contributed by atoms with van der Waals surface area (Å²) < 4.78 is 26.9. The van der Waals surface area contributed by atoms with Gasteiger partial charge in [-0.05, 0) is 23.6 Å². The molecule has 0 aliphatic heterocycles. The van der Waals surface area contributed by atoms with Gasteiger partial charge in [0.25, 0.3) is 0 Å². The molecule has 0 unspecified atom stereocenters. The Bertz CT molecular complexity index is 772. The van der Waals surface area contributed by atoms with Crippen molar-refractivity contribution in [1.29, 1.82) is 0 Å². The van der Waals surface area contributed by atoms with Crippen molar-refractivity contribution in [1.82, 2.24) is 9.97 Å². The van der Waals surface area contributed by atoms with E-state index in [2.05, 4.69) is 20.6 Å². The number of rotatable bonds is 3. The van der Waals surface area contributed by atoms with Crippen LogP contribution < -0.4 is 10.6 Å². The standard InChI is InChI=1S/C13H10F2N4S/c1-16-13-18-11(7-5-6-20-12(7)19-13)17-9-4-2-3-8(14)10(9)15/h2-6H,1H3,(H2,16,17,18,19). The van der Waals surface area contributed by atoms with Crippen LogP contribution in [0.3, 0.4) is 0 Å². The van der Waals surface area contributed by atoms with Crippen molar-refractivity contribution in [3.05, 3.63) is 41.3 Å². The molecule has 7 heteroatoms. The fourth-order valence-corrected chi connectivity index (χ4v) is 2.55. The van der Waals surface area contributed by atoms with Gasteiger partial charge < -0.3 is 10.6 Å². The van der Waals surface area contributed by atoms with Gasteiger partial charge in [-0.1, -0.05) is 6.07 Å². The maximum absolute atomic E-state index is 13.7. The molecule has 3 aromatic rings. The molecule has 0 bridgehead atoms. The zero-order valence-corrected chi connectivity index (χ0v) is 11.3. The van der Waals surface area contributed by atoms with Crippen molar-refractivity contribution >= 4 is 39.0 Å². The van der Waals surface area contributed by atoms with Crippen LogP contribution >= 0.6 is 11.3 Å². The Hall–Kier alpha value is -2.28. The third-order valence-electron chi connectivity index (χ3n) is 2.75. The number of nitrogens with zero attached hydrogens (tertiary/aromatic N) is 2. The lowest BCUT2D eigenvalue weighted by molar-refractivity contribution is 0.512. The molecule has 0 fully saturated rings. The monoisotopic (exact) mass is 292 g/mol. The Labute approximate surface area is 117 Å². The van der Waals surface area contributed by atoms with Crippen molar-refractivity contribution in [2.45, 2.75) is 0 Å². The summed E-state index contributed by atoms with van der Waals surface area (Å²) >= 11 is 1.45. The number of hydrogen-bond acceptors (Lipinski definition) is 5. The highest BCUT2D eigenvalue weighted by Gasteiger charge is 2.12. The Morgan fingerprint density at radius 3 is 2.80 bits per heavy atom. The van der Waals surface area contributed by atoms with Crippen molar-refractivity contribution in [2.75, 3.05) is 17.7 Å². The lowest BCUT2D eigenvalue weighted by atomic mass is 10.3. The lowest BCUT2D eigenvalue weighted by Crippen LogP contribution is -2.02. The molecule has 0 aliphatic rings. The molecule has 20 heavy (non-hydrogen) atoms. The van der Waals surface area contributed by atoms with E-state index in [4.69, 9.17) is 0 Å². The van der Waals surface area contributed by atoms with E-state index in [1.54, 1.807) is 7.05 Å². The maximum atomic E-state index is 13.7. The molecule has 0 spiro atoms. The first kappa shape index (κ1) is 12.7. The van der Waals surface area contributed by atoms with Crippen LogP contribution in [0.15, 0.2) is 29.6 Å². The second kappa shape index (κ2) is 5.01. The SMILES string of the molecule is CNc1nc(Nc2cccc(F)c2F)c2ccsc2n1. The van der Waals surface area contributed by atoms with Crippen LogP contribution in [0.4, 0.5) is 26.2 Å². The number of hydrogen-bond donors (Lipinski definition) is 2. The van der Waals surface area contributed by atoms with Gasteiger partial charge in [0.2, 0.25) is 5.95 Å². The summed E-state index contributed by atoms with van der Waals surface area (Å²) in [4.78, 5) is 9.29. The molecular formula is C13H10F2N4S. The lowest BCUT2D eigenvalue weighted by Gasteiger charge is -2.09. The Morgan fingerprint density at radius 1 is 1.15 bits per heavy atom. The van der Waals surface area contributed by atoms with Gasteiger partial charge in [0, 0.05) is 7.05 Å². The molecule has 0 aliphatic carbocycles. The van der Waals surface area contributed by atoms with Gasteiger partial charge in [0.05, 0.1) is 11.1 Å². The van der Waals surface area contributed by atoms with E-state index < -0.39 is 11.6 Å². The minimum Gasteiger partial charge on any atom is -0.357 e. The number of aromatic nitrogens is 2. The molecule has 1 aromatic carbocycles. The molecule has 0 amide bonds. The molecule has 2 aromatic heterocycles. The van der Waals surface area contributed by atoms with Gasteiger partial charge in [-0.2, -0.15) is 4.98 Å². The average Bonchev–Trinajstić information content (AvgIpc) is 2.92. The number of benzene rings is 1. The third-order valence-corrected chi connectivity index (χ3v) is 3.56. The summed E-state index contributed by atoms with van der Waals surface area (Å²) in [5.74, 6) is -0.982. The first-order valence-electron chi connectivity index (χ1n) is 5.83. The van der Waals surface area contributed by atoms with E-state index in [0.29, 0.717) is 11.8 Å². The maximum Gasteiger partial charge on any atom is 0.225 e. The topological polar surface area (TPSA) is 49.8 Å². The zero-order chi connectivity index (χ0) is 14.1. The highest BCUT2D eigenvalue weighted by molar-refractivity contribution is 7.16. The van der Waals surface area contributed by atoms with Crippen molar-refractivity contribution in [2.24, 2.45) is 0 Å². The van der Waals surface area contributed by atoms with Crippen LogP contribution in [-0.2, 0) is 0 Å². The van der Waals surface area contributed by atoms with Crippen LogP contribution in [0.25, 0.3) is 10.2 Å². The van der Waals surface area contributed by atoms with Crippen molar-refractivity contribution in [3.63, 3.8) is 0 Å². The van der Waals surface area contributed by atoms with Gasteiger partial charge in [-0.3, -0.25) is 0 Å². The first-order chi connectivity index (χ1) is 9.69. The van der Waals surface area contributed by atoms with E-state index >= 15 is 0 Å². The van der Waals surface area contributed by atoms with E-state index in [1.165, 1.54) is 23.5 Å². The number of fused-ring (bicyclic) bond motifs is 1. The summed E-state index contributed by atoms with van der Waals surface area (Å²) in [6.45, 7) is 0. The molecular weight excluding hydrogens is 282 g/mol. The Balaban J connectivity index is 2.10. The minimum absolute atomic E-state index is 0.0400. The van der Waals surface area contributed by atoms with E-state index in [-0.39, 0.29) is 5.69 Å². The van der Waals surface area contributed by atoms with Gasteiger partial charge in [-0.15, -0.1) is 11.3 Å². The molecule has 2 N–H and O–H groups in total. The van der Waals surface area contributed by atoms with Crippen LogP contribution in [0.1, 0.15) is 0 Å². The van der Waals surface area contributed by atoms with Crippen LogP contribution in [0.2, 0.25) is 0 Å². The molecule has 4 nitrogen and oxygen atoms in total. The number of halogens is 2. The molecule has 0 atom stereocenters. The molecule has 102 valence electrons. The van der Waals surface area contributed by atoms with Crippen LogP contribution in [0.5, 0.6) is 0 Å². The van der Waals surface area contributed by atoms with Crippen LogP contribution in [-0.4, -0.2) is 17.0 Å². The highest BCUT2D eigenvalue weighted by atomic mass is 32.1. The zero-order valence-electron chi connectivity index (χ0n) is 10.4. The van der Waals surface area contributed by atoms with Gasteiger partial charge in [-0.25, -0.2) is 13.8 Å². The molecule has 0 saturated heterocycles. The summed E-state index contributed by atoms with van der Waals surface area (Å²) in [5.41, 5.74) is 0.0400. The average molecular weight is 292 g/mol. The Morgan fingerprint density at radius 2 is 2.00 bits per heavy atom. The van der Waals surface area contributed by atoms with E-state index in [9.17, 15) is 8.78 Å². The molecule has 2 heterocycles. The van der Waals surface area contributed by atoms with Gasteiger partial charge in [0.1, 0.15) is 10.6 Å². The quantitative estimate of drug-likeness (QED) is 0.772. The summed E-state index contributed by atoms with van der Waals surface area (Å²) in [6, 6.07) is 5.79. The fourth-order valence-electron chi connectivity index (χ4n) is 1.79. The number of anilines is 3. The van der Waals surface area contributed by atoms with Crippen molar-refractivity contribution in [3.8, 4) is 0 Å². The second-order valence-corrected chi connectivity index (χ2v) is 4.91. The summed E-state index contributed by atoms with van der Waals surface area (Å²) in [5, 5.41) is 8.28. The van der Waals surface area contributed by atoms with Gasteiger partial charge in [0.15, 0.2) is 11.6 Å². The minimum atomic E-state index is -0.930.